The van der Waals surface area contributed by atoms with Gasteiger partial charge in [-0.15, -0.1) is 0 Å². The quantitative estimate of drug-likeness (QED) is 0.631. The number of nitrogens with one attached hydrogen (secondary N) is 1. The van der Waals surface area contributed by atoms with Crippen molar-refractivity contribution in [1.29, 1.82) is 0 Å². The Balaban J connectivity index is 1.96. The van der Waals surface area contributed by atoms with Crippen molar-refractivity contribution < 1.29 is 9.47 Å². The van der Waals surface area contributed by atoms with Gasteiger partial charge in [0.05, 0.1) is 6.61 Å². The molecule has 0 radical (unpaired) electrons. The Morgan fingerprint density at radius 2 is 2.00 bits per heavy atom. The van der Waals surface area contributed by atoms with Gasteiger partial charge in [-0.25, -0.2) is 0 Å². The lowest BCUT2D eigenvalue weighted by Gasteiger charge is -2.21. The third-order valence-electron chi connectivity index (χ3n) is 4.04. The predicted molar refractivity (Wildman–Crippen MR) is 71.3 cm³/mol. The summed E-state index contributed by atoms with van der Waals surface area (Å²) in [5.41, 5.74) is 0. The van der Waals surface area contributed by atoms with Gasteiger partial charge in [0.25, 0.3) is 0 Å². The molecule has 1 aliphatic carbocycles. The maximum atomic E-state index is 5.54. The molecular formula is C14H29NO2. The number of hydrogen-bond acceptors (Lipinski definition) is 3. The zero-order valence-electron chi connectivity index (χ0n) is 11.7. The van der Waals surface area contributed by atoms with Crippen LogP contribution >= 0.6 is 0 Å². The minimum absolute atomic E-state index is 0.711. The first kappa shape index (κ1) is 14.9. The molecule has 1 N–H and O–H groups in total. The van der Waals surface area contributed by atoms with Crippen molar-refractivity contribution >= 4 is 0 Å². The van der Waals surface area contributed by atoms with Gasteiger partial charge in [-0.2, -0.15) is 0 Å². The fourth-order valence-electron chi connectivity index (χ4n) is 2.84. The van der Waals surface area contributed by atoms with Crippen LogP contribution in [0.25, 0.3) is 0 Å². The summed E-state index contributed by atoms with van der Waals surface area (Å²) in [4.78, 5) is 0. The molecule has 17 heavy (non-hydrogen) atoms. The average Bonchev–Trinajstić information content (AvgIpc) is 2.69. The SMILES string of the molecule is CCC1CCC(NCCOCCCOC)C1C. The van der Waals surface area contributed by atoms with Crippen molar-refractivity contribution in [2.75, 3.05) is 33.5 Å². The zero-order chi connectivity index (χ0) is 12.5. The molecule has 3 atom stereocenters. The first-order chi connectivity index (χ1) is 8.29. The van der Waals surface area contributed by atoms with E-state index in [1.54, 1.807) is 7.11 Å². The van der Waals surface area contributed by atoms with E-state index in [1.165, 1.54) is 19.3 Å². The van der Waals surface area contributed by atoms with Crippen LogP contribution in [0.3, 0.4) is 0 Å². The molecule has 0 aromatic heterocycles. The first-order valence-electron chi connectivity index (χ1n) is 7.09. The van der Waals surface area contributed by atoms with Crippen LogP contribution in [0.1, 0.15) is 39.5 Å². The molecule has 0 aromatic rings. The highest BCUT2D eigenvalue weighted by Crippen LogP contribution is 2.33. The molecule has 0 bridgehead atoms. The summed E-state index contributed by atoms with van der Waals surface area (Å²) >= 11 is 0. The van der Waals surface area contributed by atoms with Crippen LogP contribution in [0.4, 0.5) is 0 Å². The summed E-state index contributed by atoms with van der Waals surface area (Å²) < 4.78 is 10.5. The van der Waals surface area contributed by atoms with E-state index in [9.17, 15) is 0 Å². The Labute approximate surface area is 106 Å². The van der Waals surface area contributed by atoms with Gasteiger partial charge in [0, 0.05) is 32.9 Å². The molecule has 3 nitrogen and oxygen atoms in total. The summed E-state index contributed by atoms with van der Waals surface area (Å²) in [5.74, 6) is 1.75. The van der Waals surface area contributed by atoms with Crippen LogP contribution in [-0.4, -0.2) is 39.5 Å². The summed E-state index contributed by atoms with van der Waals surface area (Å²) in [6, 6.07) is 0.711. The van der Waals surface area contributed by atoms with Gasteiger partial charge in [-0.3, -0.25) is 0 Å². The van der Waals surface area contributed by atoms with E-state index in [0.717, 1.165) is 44.6 Å². The second-order valence-corrected chi connectivity index (χ2v) is 5.12. The van der Waals surface area contributed by atoms with Gasteiger partial charge in [0.15, 0.2) is 0 Å². The van der Waals surface area contributed by atoms with E-state index >= 15 is 0 Å². The molecule has 1 saturated carbocycles. The molecule has 0 aromatic carbocycles. The van der Waals surface area contributed by atoms with Crippen LogP contribution in [0.15, 0.2) is 0 Å². The summed E-state index contributed by atoms with van der Waals surface area (Å²) in [5, 5.41) is 3.63. The molecule has 1 fully saturated rings. The monoisotopic (exact) mass is 243 g/mol. The molecule has 3 heteroatoms. The molecule has 0 saturated heterocycles. The van der Waals surface area contributed by atoms with E-state index in [2.05, 4.69) is 19.2 Å². The zero-order valence-corrected chi connectivity index (χ0v) is 11.7. The maximum absolute atomic E-state index is 5.54. The molecule has 1 rings (SSSR count). The predicted octanol–water partition coefficient (Wildman–Crippen LogP) is 2.45. The van der Waals surface area contributed by atoms with Crippen LogP contribution < -0.4 is 5.32 Å². The Kier molecular flexibility index (Phi) is 7.82. The lowest BCUT2D eigenvalue weighted by atomic mass is 9.93. The molecule has 0 amide bonds. The Morgan fingerprint density at radius 1 is 1.18 bits per heavy atom. The van der Waals surface area contributed by atoms with Crippen LogP contribution in [0, 0.1) is 11.8 Å². The number of methoxy groups -OCH3 is 1. The summed E-state index contributed by atoms with van der Waals surface area (Å²) in [6.45, 7) is 8.11. The van der Waals surface area contributed by atoms with Crippen molar-refractivity contribution in [3.8, 4) is 0 Å². The van der Waals surface area contributed by atoms with Crippen LogP contribution in [0.5, 0.6) is 0 Å². The highest BCUT2D eigenvalue weighted by Gasteiger charge is 2.30. The molecule has 3 unspecified atom stereocenters. The van der Waals surface area contributed by atoms with Gasteiger partial charge in [-0.1, -0.05) is 20.3 Å². The van der Waals surface area contributed by atoms with E-state index in [-0.39, 0.29) is 0 Å². The van der Waals surface area contributed by atoms with Crippen molar-refractivity contribution in [2.45, 2.75) is 45.6 Å². The highest BCUT2D eigenvalue weighted by molar-refractivity contribution is 4.86. The van der Waals surface area contributed by atoms with Crippen molar-refractivity contribution in [3.63, 3.8) is 0 Å². The third kappa shape index (κ3) is 5.36. The van der Waals surface area contributed by atoms with Crippen molar-refractivity contribution in [2.24, 2.45) is 11.8 Å². The molecule has 0 heterocycles. The minimum atomic E-state index is 0.711. The van der Waals surface area contributed by atoms with E-state index in [1.807, 2.05) is 0 Å². The van der Waals surface area contributed by atoms with Crippen LogP contribution in [0.2, 0.25) is 0 Å². The summed E-state index contributed by atoms with van der Waals surface area (Å²) in [7, 11) is 1.73. The van der Waals surface area contributed by atoms with E-state index in [0.29, 0.717) is 6.04 Å². The van der Waals surface area contributed by atoms with Gasteiger partial charge < -0.3 is 14.8 Å². The molecule has 0 spiro atoms. The molecule has 1 aliphatic rings. The molecular weight excluding hydrogens is 214 g/mol. The number of ether oxygens (including phenoxy) is 2. The second-order valence-electron chi connectivity index (χ2n) is 5.12. The van der Waals surface area contributed by atoms with Gasteiger partial charge in [-0.05, 0) is 31.1 Å². The fourth-order valence-corrected chi connectivity index (χ4v) is 2.84. The van der Waals surface area contributed by atoms with E-state index < -0.39 is 0 Å². The first-order valence-corrected chi connectivity index (χ1v) is 7.09. The Morgan fingerprint density at radius 3 is 2.65 bits per heavy atom. The van der Waals surface area contributed by atoms with Gasteiger partial charge >= 0.3 is 0 Å². The molecule has 0 aliphatic heterocycles. The smallest absolute Gasteiger partial charge is 0.0591 e. The highest BCUT2D eigenvalue weighted by atomic mass is 16.5. The standard InChI is InChI=1S/C14H29NO2/c1-4-13-6-7-14(12(13)2)15-8-11-17-10-5-9-16-3/h12-15H,4-11H2,1-3H3. The maximum Gasteiger partial charge on any atom is 0.0591 e. The summed E-state index contributed by atoms with van der Waals surface area (Å²) in [6.07, 6.45) is 5.05. The molecule has 102 valence electrons. The number of rotatable bonds is 9. The van der Waals surface area contributed by atoms with Gasteiger partial charge in [0.1, 0.15) is 0 Å². The lowest BCUT2D eigenvalue weighted by Crippen LogP contribution is -2.35. The second kappa shape index (κ2) is 8.90. The Bertz CT molecular complexity index is 187. The van der Waals surface area contributed by atoms with Crippen LogP contribution in [-0.2, 0) is 9.47 Å². The topological polar surface area (TPSA) is 30.5 Å². The van der Waals surface area contributed by atoms with Crippen molar-refractivity contribution in [1.82, 2.24) is 5.32 Å². The fraction of sp³-hybridized carbons (Fsp3) is 1.00. The minimum Gasteiger partial charge on any atom is -0.385 e. The van der Waals surface area contributed by atoms with Gasteiger partial charge in [0.2, 0.25) is 0 Å². The lowest BCUT2D eigenvalue weighted by molar-refractivity contribution is 0.102. The largest absolute Gasteiger partial charge is 0.385 e. The average molecular weight is 243 g/mol. The van der Waals surface area contributed by atoms with E-state index in [4.69, 9.17) is 9.47 Å². The van der Waals surface area contributed by atoms with Crippen molar-refractivity contribution in [3.05, 3.63) is 0 Å². The Hall–Kier alpha value is -0.120. The third-order valence-corrected chi connectivity index (χ3v) is 4.04. The number of hydrogen-bond donors (Lipinski definition) is 1. The normalized spacial score (nSPS) is 28.8.